The lowest BCUT2D eigenvalue weighted by atomic mass is 10.0. The van der Waals surface area contributed by atoms with E-state index < -0.39 is 0 Å². The Kier molecular flexibility index (Phi) is 6.54. The summed E-state index contributed by atoms with van der Waals surface area (Å²) in [5.74, 6) is 0.370. The second kappa shape index (κ2) is 7.67. The molecular weight excluding hydrogens is 292 g/mol. The number of hydrogen-bond acceptors (Lipinski definition) is 3. The van der Waals surface area contributed by atoms with E-state index in [1.165, 1.54) is 0 Å². The van der Waals surface area contributed by atoms with E-state index in [2.05, 4.69) is 46.7 Å². The first-order chi connectivity index (χ1) is 8.58. The number of nitrogens with one attached hydrogen (secondary N) is 1. The molecule has 100 valence electrons. The lowest BCUT2D eigenvalue weighted by Gasteiger charge is -2.26. The topological polar surface area (TPSA) is 45.1 Å². The summed E-state index contributed by atoms with van der Waals surface area (Å²) in [5, 5.41) is 12.8. The van der Waals surface area contributed by atoms with Gasteiger partial charge in [0.2, 0.25) is 0 Å². The maximum absolute atomic E-state index is 9.40. The Morgan fingerprint density at radius 1 is 1.50 bits per heavy atom. The van der Waals surface area contributed by atoms with Crippen LogP contribution < -0.4 is 5.32 Å². The van der Waals surface area contributed by atoms with E-state index in [1.54, 1.807) is 0 Å². The normalized spacial score (nSPS) is 14.5. The molecule has 0 radical (unpaired) electrons. The number of pyridine rings is 1. The molecule has 2 N–H and O–H groups in total. The van der Waals surface area contributed by atoms with Gasteiger partial charge in [0.1, 0.15) is 4.60 Å². The fourth-order valence-electron chi connectivity index (χ4n) is 1.77. The van der Waals surface area contributed by atoms with E-state index in [9.17, 15) is 5.11 Å². The standard InChI is InChI=1S/C14H21BrN2O/c1-4-6-11(16-13(9-18)10(2)3)12-7-5-8-14(15)17-12/h4-5,7-8,10-11,13,16,18H,1,6,9H2,2-3H3/t11-,13?/m0/s1. The number of aliphatic hydroxyl groups excluding tert-OH is 1. The van der Waals surface area contributed by atoms with E-state index in [0.717, 1.165) is 16.7 Å². The molecule has 1 heterocycles. The molecule has 0 aliphatic rings. The Balaban J connectivity index is 2.85. The molecule has 0 amide bonds. The van der Waals surface area contributed by atoms with E-state index in [0.29, 0.717) is 5.92 Å². The van der Waals surface area contributed by atoms with Crippen LogP contribution in [0.1, 0.15) is 32.0 Å². The zero-order valence-electron chi connectivity index (χ0n) is 10.9. The highest BCUT2D eigenvalue weighted by atomic mass is 79.9. The predicted molar refractivity (Wildman–Crippen MR) is 78.3 cm³/mol. The number of rotatable bonds is 7. The van der Waals surface area contributed by atoms with Crippen molar-refractivity contribution in [2.75, 3.05) is 6.61 Å². The first-order valence-electron chi connectivity index (χ1n) is 6.18. The van der Waals surface area contributed by atoms with Crippen LogP contribution in [0.5, 0.6) is 0 Å². The molecule has 1 aromatic rings. The summed E-state index contributed by atoms with van der Waals surface area (Å²) in [6.45, 7) is 8.09. The Morgan fingerprint density at radius 2 is 2.22 bits per heavy atom. The van der Waals surface area contributed by atoms with Gasteiger partial charge in [-0.25, -0.2) is 4.98 Å². The number of hydrogen-bond donors (Lipinski definition) is 2. The summed E-state index contributed by atoms with van der Waals surface area (Å²) in [6, 6.07) is 6.00. The van der Waals surface area contributed by atoms with Gasteiger partial charge >= 0.3 is 0 Å². The van der Waals surface area contributed by atoms with Crippen LogP contribution in [0.3, 0.4) is 0 Å². The summed E-state index contributed by atoms with van der Waals surface area (Å²) in [4.78, 5) is 4.46. The molecule has 18 heavy (non-hydrogen) atoms. The first-order valence-corrected chi connectivity index (χ1v) is 6.98. The van der Waals surface area contributed by atoms with Gasteiger partial charge in [-0.1, -0.05) is 26.0 Å². The second-order valence-electron chi connectivity index (χ2n) is 4.66. The molecule has 3 nitrogen and oxygen atoms in total. The van der Waals surface area contributed by atoms with Gasteiger partial charge in [-0.2, -0.15) is 0 Å². The quantitative estimate of drug-likeness (QED) is 0.601. The van der Waals surface area contributed by atoms with Gasteiger partial charge in [0, 0.05) is 6.04 Å². The van der Waals surface area contributed by atoms with Gasteiger partial charge in [0.15, 0.2) is 0 Å². The van der Waals surface area contributed by atoms with Crippen molar-refractivity contribution in [1.82, 2.24) is 10.3 Å². The fraction of sp³-hybridized carbons (Fsp3) is 0.500. The molecule has 0 saturated heterocycles. The first kappa shape index (κ1) is 15.3. The monoisotopic (exact) mass is 312 g/mol. The lowest BCUT2D eigenvalue weighted by molar-refractivity contribution is 0.198. The summed E-state index contributed by atoms with van der Waals surface area (Å²) in [6.07, 6.45) is 2.65. The van der Waals surface area contributed by atoms with Crippen LogP contribution in [-0.4, -0.2) is 22.7 Å². The lowest BCUT2D eigenvalue weighted by Crippen LogP contribution is -2.39. The average molecular weight is 313 g/mol. The summed E-state index contributed by atoms with van der Waals surface area (Å²) in [5.41, 5.74) is 0.961. The van der Waals surface area contributed by atoms with Crippen molar-refractivity contribution in [1.29, 1.82) is 0 Å². The highest BCUT2D eigenvalue weighted by Gasteiger charge is 2.19. The molecule has 1 unspecified atom stereocenters. The molecule has 0 aromatic carbocycles. The number of aromatic nitrogens is 1. The summed E-state index contributed by atoms with van der Waals surface area (Å²) >= 11 is 3.38. The molecule has 0 bridgehead atoms. The van der Waals surface area contributed by atoms with Crippen LogP contribution in [0.2, 0.25) is 0 Å². The maximum Gasteiger partial charge on any atom is 0.106 e. The third-order valence-corrected chi connectivity index (χ3v) is 3.35. The Morgan fingerprint density at radius 3 is 2.72 bits per heavy atom. The predicted octanol–water partition coefficient (Wildman–Crippen LogP) is 3.07. The highest BCUT2D eigenvalue weighted by Crippen LogP contribution is 2.19. The SMILES string of the molecule is C=CC[C@H](NC(CO)C(C)C)c1cccc(Br)n1. The van der Waals surface area contributed by atoms with E-state index in [-0.39, 0.29) is 18.7 Å². The minimum atomic E-state index is 0.0655. The molecule has 1 aromatic heterocycles. The minimum Gasteiger partial charge on any atom is -0.395 e. The van der Waals surface area contributed by atoms with Crippen molar-refractivity contribution in [3.8, 4) is 0 Å². The van der Waals surface area contributed by atoms with Gasteiger partial charge in [-0.05, 0) is 40.4 Å². The van der Waals surface area contributed by atoms with Crippen LogP contribution in [0.4, 0.5) is 0 Å². The average Bonchev–Trinajstić information content (AvgIpc) is 2.34. The van der Waals surface area contributed by atoms with E-state index >= 15 is 0 Å². The van der Waals surface area contributed by atoms with E-state index in [4.69, 9.17) is 0 Å². The fourth-order valence-corrected chi connectivity index (χ4v) is 2.13. The van der Waals surface area contributed by atoms with Crippen molar-refractivity contribution < 1.29 is 5.11 Å². The summed E-state index contributed by atoms with van der Waals surface area (Å²) in [7, 11) is 0. The van der Waals surface area contributed by atoms with Gasteiger partial charge < -0.3 is 10.4 Å². The molecule has 2 atom stereocenters. The maximum atomic E-state index is 9.40. The number of aliphatic hydroxyl groups is 1. The van der Waals surface area contributed by atoms with Crippen molar-refractivity contribution in [2.24, 2.45) is 5.92 Å². The molecular formula is C14H21BrN2O. The highest BCUT2D eigenvalue weighted by molar-refractivity contribution is 9.10. The Hall–Kier alpha value is -0.710. The molecule has 0 saturated carbocycles. The van der Waals surface area contributed by atoms with Crippen LogP contribution in [0.25, 0.3) is 0 Å². The minimum absolute atomic E-state index is 0.0655. The third kappa shape index (κ3) is 4.52. The second-order valence-corrected chi connectivity index (χ2v) is 5.47. The van der Waals surface area contributed by atoms with Gasteiger partial charge in [-0.3, -0.25) is 0 Å². The van der Waals surface area contributed by atoms with Crippen LogP contribution in [-0.2, 0) is 0 Å². The zero-order chi connectivity index (χ0) is 13.5. The Bertz CT molecular complexity index is 382. The van der Waals surface area contributed by atoms with Crippen LogP contribution in [0.15, 0.2) is 35.5 Å². The van der Waals surface area contributed by atoms with Crippen molar-refractivity contribution in [3.63, 3.8) is 0 Å². The van der Waals surface area contributed by atoms with Gasteiger partial charge in [0.05, 0.1) is 18.3 Å². The summed E-state index contributed by atoms with van der Waals surface area (Å²) < 4.78 is 0.820. The van der Waals surface area contributed by atoms with Gasteiger partial charge in [0.25, 0.3) is 0 Å². The van der Waals surface area contributed by atoms with E-state index in [1.807, 2.05) is 24.3 Å². The molecule has 0 spiro atoms. The van der Waals surface area contributed by atoms with Crippen LogP contribution in [0, 0.1) is 5.92 Å². The van der Waals surface area contributed by atoms with Crippen LogP contribution >= 0.6 is 15.9 Å². The third-order valence-electron chi connectivity index (χ3n) is 2.91. The van der Waals surface area contributed by atoms with Crippen molar-refractivity contribution in [2.45, 2.75) is 32.4 Å². The van der Waals surface area contributed by atoms with Gasteiger partial charge in [-0.15, -0.1) is 6.58 Å². The molecule has 0 aliphatic heterocycles. The molecule has 1 rings (SSSR count). The molecule has 4 heteroatoms. The Labute approximate surface area is 117 Å². The molecule has 0 fully saturated rings. The van der Waals surface area contributed by atoms with Crippen molar-refractivity contribution >= 4 is 15.9 Å². The molecule has 0 aliphatic carbocycles. The number of halogens is 1. The number of nitrogens with zero attached hydrogens (tertiary/aromatic N) is 1. The smallest absolute Gasteiger partial charge is 0.106 e. The van der Waals surface area contributed by atoms with Crippen molar-refractivity contribution in [3.05, 3.63) is 41.2 Å². The largest absolute Gasteiger partial charge is 0.395 e. The zero-order valence-corrected chi connectivity index (χ0v) is 12.5.